The predicted molar refractivity (Wildman–Crippen MR) is 132 cm³/mol. The van der Waals surface area contributed by atoms with Crippen molar-refractivity contribution >= 4 is 17.5 Å². The zero-order chi connectivity index (χ0) is 23.9. The van der Waals surface area contributed by atoms with E-state index in [-0.39, 0.29) is 18.4 Å². The van der Waals surface area contributed by atoms with Crippen LogP contribution in [0.5, 0.6) is 11.6 Å². The summed E-state index contributed by atoms with van der Waals surface area (Å²) in [6.45, 7) is 2.52. The number of anilines is 2. The SMILES string of the molecule is COc1ccc(COc2nc(N3CCc4ccccc43)ncc2C(=O)NCCCN(C)C)cc1. The minimum atomic E-state index is -0.239. The number of hydrogen-bond acceptors (Lipinski definition) is 7. The molecule has 1 aliphatic rings. The number of rotatable bonds is 10. The van der Waals surface area contributed by atoms with Gasteiger partial charge in [-0.15, -0.1) is 0 Å². The highest BCUT2D eigenvalue weighted by Crippen LogP contribution is 2.33. The predicted octanol–water partition coefficient (Wildman–Crippen LogP) is 3.44. The lowest BCUT2D eigenvalue weighted by atomic mass is 10.2. The van der Waals surface area contributed by atoms with Crippen molar-refractivity contribution in [3.8, 4) is 11.6 Å². The van der Waals surface area contributed by atoms with Crippen molar-refractivity contribution in [3.05, 3.63) is 71.4 Å². The summed E-state index contributed by atoms with van der Waals surface area (Å²) in [5.41, 5.74) is 3.62. The van der Waals surface area contributed by atoms with E-state index >= 15 is 0 Å². The summed E-state index contributed by atoms with van der Waals surface area (Å²) in [7, 11) is 5.65. The summed E-state index contributed by atoms with van der Waals surface area (Å²) in [5.74, 6) is 1.34. The van der Waals surface area contributed by atoms with Gasteiger partial charge in [0.05, 0.1) is 7.11 Å². The Morgan fingerprint density at radius 2 is 1.94 bits per heavy atom. The number of hydrogen-bond donors (Lipinski definition) is 1. The van der Waals surface area contributed by atoms with Crippen molar-refractivity contribution in [1.82, 2.24) is 20.2 Å². The molecule has 0 unspecified atom stereocenters. The van der Waals surface area contributed by atoms with Crippen LogP contribution in [-0.2, 0) is 13.0 Å². The number of carbonyl (C=O) groups is 1. The van der Waals surface area contributed by atoms with Gasteiger partial charge in [-0.05, 0) is 62.8 Å². The van der Waals surface area contributed by atoms with Gasteiger partial charge < -0.3 is 24.6 Å². The molecular weight excluding hydrogens is 430 g/mol. The minimum absolute atomic E-state index is 0.239. The van der Waals surface area contributed by atoms with E-state index in [1.54, 1.807) is 13.3 Å². The van der Waals surface area contributed by atoms with Crippen LogP contribution in [0, 0.1) is 0 Å². The first-order valence-electron chi connectivity index (χ1n) is 11.5. The zero-order valence-corrected chi connectivity index (χ0v) is 20.0. The molecule has 2 aromatic carbocycles. The van der Waals surface area contributed by atoms with Crippen LogP contribution in [0.25, 0.3) is 0 Å². The molecule has 1 aromatic heterocycles. The maximum Gasteiger partial charge on any atom is 0.258 e. The highest BCUT2D eigenvalue weighted by molar-refractivity contribution is 5.96. The van der Waals surface area contributed by atoms with E-state index in [1.807, 2.05) is 50.5 Å². The average molecular weight is 462 g/mol. The van der Waals surface area contributed by atoms with E-state index in [4.69, 9.17) is 9.47 Å². The number of nitrogens with zero attached hydrogens (tertiary/aromatic N) is 4. The highest BCUT2D eigenvalue weighted by atomic mass is 16.5. The zero-order valence-electron chi connectivity index (χ0n) is 20.0. The topological polar surface area (TPSA) is 79.8 Å². The van der Waals surface area contributed by atoms with E-state index in [2.05, 4.69) is 37.2 Å². The molecule has 0 spiro atoms. The summed E-state index contributed by atoms with van der Waals surface area (Å²) >= 11 is 0. The molecular formula is C26H31N5O3. The molecule has 178 valence electrons. The summed E-state index contributed by atoms with van der Waals surface area (Å²) in [4.78, 5) is 26.3. The molecule has 0 bridgehead atoms. The lowest BCUT2D eigenvalue weighted by Crippen LogP contribution is -2.28. The maximum atomic E-state index is 12.9. The van der Waals surface area contributed by atoms with Crippen LogP contribution in [0.3, 0.4) is 0 Å². The fourth-order valence-electron chi connectivity index (χ4n) is 3.87. The normalized spacial score (nSPS) is 12.5. The van der Waals surface area contributed by atoms with Crippen molar-refractivity contribution in [1.29, 1.82) is 0 Å². The molecule has 3 aromatic rings. The van der Waals surface area contributed by atoms with Gasteiger partial charge in [0.2, 0.25) is 11.8 Å². The van der Waals surface area contributed by atoms with Gasteiger partial charge in [-0.1, -0.05) is 30.3 Å². The minimum Gasteiger partial charge on any atom is -0.497 e. The summed E-state index contributed by atoms with van der Waals surface area (Å²) in [6, 6.07) is 15.8. The van der Waals surface area contributed by atoms with Crippen molar-refractivity contribution < 1.29 is 14.3 Å². The van der Waals surface area contributed by atoms with E-state index in [9.17, 15) is 4.79 Å². The fraction of sp³-hybridized carbons (Fsp3) is 0.346. The molecule has 34 heavy (non-hydrogen) atoms. The molecule has 1 N–H and O–H groups in total. The Hall–Kier alpha value is -3.65. The number of ether oxygens (including phenoxy) is 2. The van der Waals surface area contributed by atoms with Gasteiger partial charge in [0.1, 0.15) is 17.9 Å². The second-order valence-electron chi connectivity index (χ2n) is 8.47. The molecule has 0 atom stereocenters. The second kappa shape index (κ2) is 11.0. The molecule has 8 heteroatoms. The number of aromatic nitrogens is 2. The van der Waals surface area contributed by atoms with Crippen LogP contribution in [0.1, 0.15) is 27.9 Å². The van der Waals surface area contributed by atoms with Crippen LogP contribution in [0.4, 0.5) is 11.6 Å². The third-order valence-corrected chi connectivity index (χ3v) is 5.72. The van der Waals surface area contributed by atoms with Crippen LogP contribution >= 0.6 is 0 Å². The molecule has 0 radical (unpaired) electrons. The Bertz CT molecular complexity index is 1120. The molecule has 0 saturated carbocycles. The summed E-state index contributed by atoms with van der Waals surface area (Å²) < 4.78 is 11.3. The third kappa shape index (κ3) is 5.63. The van der Waals surface area contributed by atoms with Crippen LogP contribution < -0.4 is 19.7 Å². The smallest absolute Gasteiger partial charge is 0.258 e. The molecule has 2 heterocycles. The van der Waals surface area contributed by atoms with Crippen molar-refractivity contribution in [3.63, 3.8) is 0 Å². The second-order valence-corrected chi connectivity index (χ2v) is 8.47. The third-order valence-electron chi connectivity index (χ3n) is 5.72. The number of fused-ring (bicyclic) bond motifs is 1. The largest absolute Gasteiger partial charge is 0.497 e. The first kappa shape index (κ1) is 23.5. The molecule has 1 aliphatic heterocycles. The van der Waals surface area contributed by atoms with E-state index in [1.165, 1.54) is 5.56 Å². The van der Waals surface area contributed by atoms with E-state index < -0.39 is 0 Å². The fourth-order valence-corrected chi connectivity index (χ4v) is 3.87. The summed E-state index contributed by atoms with van der Waals surface area (Å²) in [5, 5.41) is 2.96. The molecule has 0 aliphatic carbocycles. The number of para-hydroxylation sites is 1. The van der Waals surface area contributed by atoms with Crippen LogP contribution in [0.15, 0.2) is 54.7 Å². The standard InChI is InChI=1S/C26H31N5O3/c1-30(2)15-6-14-27-24(32)22-17-28-26(31-16-13-20-7-4-5-8-23(20)31)29-25(22)34-18-19-9-11-21(33-3)12-10-19/h4-5,7-12,17H,6,13-16,18H2,1-3H3,(H,27,32). The van der Waals surface area contributed by atoms with Crippen LogP contribution in [-0.4, -0.2) is 61.6 Å². The Balaban J connectivity index is 1.55. The lowest BCUT2D eigenvalue weighted by Gasteiger charge is -2.19. The van der Waals surface area contributed by atoms with Gasteiger partial charge >= 0.3 is 0 Å². The van der Waals surface area contributed by atoms with Gasteiger partial charge in [-0.2, -0.15) is 4.98 Å². The van der Waals surface area contributed by atoms with Crippen molar-refractivity contribution in [2.45, 2.75) is 19.4 Å². The average Bonchev–Trinajstić information content (AvgIpc) is 3.29. The Labute approximate surface area is 200 Å². The first-order chi connectivity index (χ1) is 16.5. The maximum absolute atomic E-state index is 12.9. The molecule has 4 rings (SSSR count). The highest BCUT2D eigenvalue weighted by Gasteiger charge is 2.24. The quantitative estimate of drug-likeness (QED) is 0.463. The number of benzene rings is 2. The molecule has 0 saturated heterocycles. The van der Waals surface area contributed by atoms with E-state index in [0.29, 0.717) is 18.1 Å². The molecule has 0 fully saturated rings. The van der Waals surface area contributed by atoms with E-state index in [0.717, 1.165) is 42.9 Å². The number of carbonyl (C=O) groups excluding carboxylic acids is 1. The summed E-state index contributed by atoms with van der Waals surface area (Å²) in [6.07, 6.45) is 3.34. The van der Waals surface area contributed by atoms with Gasteiger partial charge in [0, 0.05) is 25.0 Å². The molecule has 8 nitrogen and oxygen atoms in total. The van der Waals surface area contributed by atoms with Crippen molar-refractivity contribution in [2.75, 3.05) is 45.7 Å². The van der Waals surface area contributed by atoms with Crippen molar-refractivity contribution in [2.24, 2.45) is 0 Å². The Morgan fingerprint density at radius 1 is 1.15 bits per heavy atom. The lowest BCUT2D eigenvalue weighted by molar-refractivity contribution is 0.0946. The van der Waals surface area contributed by atoms with Gasteiger partial charge in [-0.25, -0.2) is 4.98 Å². The van der Waals surface area contributed by atoms with Crippen LogP contribution in [0.2, 0.25) is 0 Å². The first-order valence-corrected chi connectivity index (χ1v) is 11.5. The number of amides is 1. The number of methoxy groups -OCH3 is 1. The number of nitrogens with one attached hydrogen (secondary N) is 1. The van der Waals surface area contributed by atoms with Gasteiger partial charge in [0.15, 0.2) is 0 Å². The molecule has 1 amide bonds. The van der Waals surface area contributed by atoms with Gasteiger partial charge in [0.25, 0.3) is 5.91 Å². The Morgan fingerprint density at radius 3 is 2.71 bits per heavy atom. The van der Waals surface area contributed by atoms with Gasteiger partial charge in [-0.3, -0.25) is 4.79 Å². The monoisotopic (exact) mass is 461 g/mol. The Kier molecular flexibility index (Phi) is 7.59.